The fraction of sp³-hybridized carbons (Fsp3) is 0.480. The summed E-state index contributed by atoms with van der Waals surface area (Å²) in [6, 6.07) is 1.87. The fourth-order valence-corrected chi connectivity index (χ4v) is 5.02. The van der Waals surface area contributed by atoms with Crippen LogP contribution in [0, 0.1) is 0 Å². The van der Waals surface area contributed by atoms with Crippen LogP contribution in [0.4, 0.5) is 0 Å². The van der Waals surface area contributed by atoms with Gasteiger partial charge in [-0.15, -0.1) is 0 Å². The molecule has 0 spiro atoms. The third-order valence-electron chi connectivity index (χ3n) is 6.01. The molecule has 2 aliphatic rings. The maximum absolute atomic E-state index is 13.3. The van der Waals surface area contributed by atoms with E-state index in [0.717, 1.165) is 31.4 Å². The van der Waals surface area contributed by atoms with Crippen LogP contribution >= 0.6 is 15.6 Å². The molecule has 0 radical (unpaired) electrons. The summed E-state index contributed by atoms with van der Waals surface area (Å²) in [6.07, 6.45) is 10.7. The second-order valence-corrected chi connectivity index (χ2v) is 11.8. The molecule has 2 heterocycles. The molecule has 1 aromatic rings. The molecule has 0 aromatic heterocycles. The van der Waals surface area contributed by atoms with Crippen molar-refractivity contribution in [1.29, 1.82) is 0 Å². The maximum atomic E-state index is 13.3. The predicted octanol–water partition coefficient (Wildman–Crippen LogP) is 3.40. The summed E-state index contributed by atoms with van der Waals surface area (Å²) in [6.45, 7) is 2.55. The lowest BCUT2D eigenvalue weighted by Crippen LogP contribution is -2.37. The molecular formula is C25H34N2O12P2. The van der Waals surface area contributed by atoms with Crippen LogP contribution in [0.5, 0.6) is 11.5 Å². The van der Waals surface area contributed by atoms with E-state index in [9.17, 15) is 38.3 Å². The first kappa shape index (κ1) is 32.5. The number of nitrogens with zero attached hydrogens (tertiary/aromatic N) is 2. The number of esters is 1. The van der Waals surface area contributed by atoms with Crippen LogP contribution in [0.25, 0.3) is 0 Å². The number of hydrogen-bond donors (Lipinski definition) is 4. The zero-order chi connectivity index (χ0) is 30.0. The Morgan fingerprint density at radius 1 is 1.02 bits per heavy atom. The fourth-order valence-electron chi connectivity index (χ4n) is 4.24. The molecule has 226 valence electrons. The Morgan fingerprint density at radius 2 is 1.71 bits per heavy atom. The molecule has 2 aliphatic heterocycles. The smallest absolute Gasteiger partial charge is 0.459 e. The molecule has 3 rings (SSSR count). The SMILES string of the molecule is C[C@@H]1C/C=C/CC/C=C/C(=N/OCC(=O)N2CCCCC2)Cc2cc(OP(=O)(O)O)cc(OP(=O)(O)O)c2C(=O)O1. The zero-order valence-electron chi connectivity index (χ0n) is 22.5. The highest BCUT2D eigenvalue weighted by atomic mass is 31.2. The van der Waals surface area contributed by atoms with Gasteiger partial charge < -0.3 is 23.5 Å². The number of benzene rings is 1. The number of likely N-dealkylation sites (tertiary alicyclic amines) is 1. The number of ether oxygens (including phenoxy) is 1. The first-order valence-corrected chi connectivity index (χ1v) is 16.0. The summed E-state index contributed by atoms with van der Waals surface area (Å²) in [5.41, 5.74) is -0.265. The number of oxime groups is 1. The minimum atomic E-state index is -5.26. The first-order chi connectivity index (χ1) is 19.3. The summed E-state index contributed by atoms with van der Waals surface area (Å²) < 4.78 is 38.1. The largest absolute Gasteiger partial charge is 0.524 e. The van der Waals surface area contributed by atoms with Gasteiger partial charge in [-0.05, 0) is 56.7 Å². The van der Waals surface area contributed by atoms with Gasteiger partial charge in [0.2, 0.25) is 0 Å². The number of hydrogen-bond acceptors (Lipinski definition) is 9. The number of cyclic esters (lactones) is 1. The van der Waals surface area contributed by atoms with Crippen molar-refractivity contribution >= 4 is 33.2 Å². The number of amides is 1. The van der Waals surface area contributed by atoms with Gasteiger partial charge in [-0.25, -0.2) is 13.9 Å². The summed E-state index contributed by atoms with van der Waals surface area (Å²) in [5.74, 6) is -2.50. The third-order valence-corrected chi connectivity index (χ3v) is 6.89. The van der Waals surface area contributed by atoms with Gasteiger partial charge in [0.15, 0.2) is 6.61 Å². The van der Waals surface area contributed by atoms with Gasteiger partial charge >= 0.3 is 21.6 Å². The predicted molar refractivity (Wildman–Crippen MR) is 146 cm³/mol. The molecule has 0 unspecified atom stereocenters. The van der Waals surface area contributed by atoms with Crippen LogP contribution < -0.4 is 9.05 Å². The molecule has 1 amide bonds. The Morgan fingerprint density at radius 3 is 2.39 bits per heavy atom. The van der Waals surface area contributed by atoms with Gasteiger partial charge in [0.25, 0.3) is 5.91 Å². The Bertz CT molecular complexity index is 1280. The summed E-state index contributed by atoms with van der Waals surface area (Å²) in [7, 11) is -10.4. The lowest BCUT2D eigenvalue weighted by molar-refractivity contribution is -0.137. The minimum absolute atomic E-state index is 0.0430. The van der Waals surface area contributed by atoms with Crippen LogP contribution in [-0.4, -0.2) is 67.9 Å². The highest BCUT2D eigenvalue weighted by Crippen LogP contribution is 2.45. The van der Waals surface area contributed by atoms with Crippen LogP contribution in [-0.2, 0) is 29.9 Å². The van der Waals surface area contributed by atoms with Crippen molar-refractivity contribution in [3.05, 3.63) is 47.6 Å². The topological polar surface area (TPSA) is 202 Å². The quantitative estimate of drug-likeness (QED) is 0.151. The molecule has 41 heavy (non-hydrogen) atoms. The number of fused-ring (bicyclic) bond motifs is 1. The van der Waals surface area contributed by atoms with Crippen molar-refractivity contribution in [2.75, 3.05) is 19.7 Å². The van der Waals surface area contributed by atoms with Gasteiger partial charge in [0, 0.05) is 32.0 Å². The van der Waals surface area contributed by atoms with Gasteiger partial charge in [-0.3, -0.25) is 24.4 Å². The second-order valence-electron chi connectivity index (χ2n) is 9.50. The van der Waals surface area contributed by atoms with Crippen molar-refractivity contribution in [2.24, 2.45) is 5.16 Å². The third kappa shape index (κ3) is 11.4. The van der Waals surface area contributed by atoms with Crippen molar-refractivity contribution in [2.45, 2.75) is 58.0 Å². The molecule has 1 aromatic carbocycles. The average molecular weight is 616 g/mol. The van der Waals surface area contributed by atoms with E-state index in [1.54, 1.807) is 24.0 Å². The standard InChI is InChI=1S/C25H34N2O12P2/c1-18-10-6-3-2-4-7-11-20(26-36-17-23(28)27-12-8-5-9-13-27)14-19-15-21(38-40(30,31)32)16-22(39-41(33,34)35)24(19)25(29)37-18/h3,6-7,11,15-16,18H,2,4-5,8-10,12-14,17H2,1H3,(H2,30,31,32)(H2,33,34,35)/b6-3+,11-7+,26-20-/t18-/m1/s1. The van der Waals surface area contributed by atoms with E-state index in [0.29, 0.717) is 32.4 Å². The number of carbonyl (C=O) groups is 2. The molecule has 1 saturated heterocycles. The summed E-state index contributed by atoms with van der Waals surface area (Å²) >= 11 is 0. The van der Waals surface area contributed by atoms with E-state index in [1.165, 1.54) is 0 Å². The van der Waals surface area contributed by atoms with Crippen LogP contribution in [0.2, 0.25) is 0 Å². The Labute approximate surface area is 237 Å². The number of rotatable bonds is 7. The number of allylic oxidation sites excluding steroid dienone is 3. The molecule has 1 fully saturated rings. The van der Waals surface area contributed by atoms with Gasteiger partial charge in [-0.2, -0.15) is 0 Å². The lowest BCUT2D eigenvalue weighted by Gasteiger charge is -2.26. The molecule has 16 heteroatoms. The monoisotopic (exact) mass is 616 g/mol. The molecule has 1 atom stereocenters. The van der Waals surface area contributed by atoms with Crippen LogP contribution in [0.15, 0.2) is 41.6 Å². The molecule has 14 nitrogen and oxygen atoms in total. The van der Waals surface area contributed by atoms with Gasteiger partial charge in [0.05, 0.1) is 5.71 Å². The highest BCUT2D eigenvalue weighted by Gasteiger charge is 2.29. The molecule has 0 aliphatic carbocycles. The van der Waals surface area contributed by atoms with Gasteiger partial charge in [-0.1, -0.05) is 23.4 Å². The van der Waals surface area contributed by atoms with E-state index in [-0.39, 0.29) is 30.2 Å². The molecule has 0 bridgehead atoms. The van der Waals surface area contributed by atoms with Crippen LogP contribution in [0.1, 0.15) is 61.4 Å². The van der Waals surface area contributed by atoms with Gasteiger partial charge in [0.1, 0.15) is 23.2 Å². The average Bonchev–Trinajstić information content (AvgIpc) is 2.85. The number of phosphoric acid groups is 2. The zero-order valence-corrected chi connectivity index (χ0v) is 24.2. The number of carbonyl (C=O) groups excluding carboxylic acids is 2. The highest BCUT2D eigenvalue weighted by molar-refractivity contribution is 7.47. The Hall–Kier alpha value is -2.99. The normalized spacial score (nSPS) is 21.7. The molecule has 4 N–H and O–H groups in total. The van der Waals surface area contributed by atoms with Crippen molar-refractivity contribution in [3.8, 4) is 11.5 Å². The Kier molecular flexibility index (Phi) is 11.7. The lowest BCUT2D eigenvalue weighted by atomic mass is 9.99. The number of piperidine rings is 1. The summed E-state index contributed by atoms with van der Waals surface area (Å²) in [4.78, 5) is 70.4. The van der Waals surface area contributed by atoms with E-state index in [1.807, 2.05) is 12.2 Å². The molecular weight excluding hydrogens is 582 g/mol. The van der Waals surface area contributed by atoms with E-state index in [4.69, 9.17) is 14.1 Å². The Balaban J connectivity index is 2.04. The van der Waals surface area contributed by atoms with Crippen molar-refractivity contribution < 1.29 is 56.9 Å². The van der Waals surface area contributed by atoms with E-state index >= 15 is 0 Å². The van der Waals surface area contributed by atoms with E-state index < -0.39 is 44.8 Å². The maximum Gasteiger partial charge on any atom is 0.524 e. The van der Waals surface area contributed by atoms with E-state index in [2.05, 4.69) is 9.68 Å². The van der Waals surface area contributed by atoms with Crippen molar-refractivity contribution in [1.82, 2.24) is 4.90 Å². The van der Waals surface area contributed by atoms with Crippen molar-refractivity contribution in [3.63, 3.8) is 0 Å². The summed E-state index contributed by atoms with van der Waals surface area (Å²) in [5, 5.41) is 4.06. The van der Waals surface area contributed by atoms with Crippen LogP contribution in [0.3, 0.4) is 0 Å². The first-order valence-electron chi connectivity index (χ1n) is 13.0. The second kappa shape index (κ2) is 14.8. The molecule has 0 saturated carbocycles. The minimum Gasteiger partial charge on any atom is -0.459 e. The number of phosphoric ester groups is 2.